The van der Waals surface area contributed by atoms with Gasteiger partial charge in [-0.1, -0.05) is 41.3 Å². The summed E-state index contributed by atoms with van der Waals surface area (Å²) in [5.74, 6) is 0.290. The molecule has 0 saturated carbocycles. The maximum atomic E-state index is 12.1. The molecule has 2 aromatic carbocycles. The molecule has 0 bridgehead atoms. The summed E-state index contributed by atoms with van der Waals surface area (Å²) in [4.78, 5) is 14.4. The highest BCUT2D eigenvalue weighted by atomic mass is 32.2. The van der Waals surface area contributed by atoms with Gasteiger partial charge in [0.25, 0.3) is 0 Å². The quantitative estimate of drug-likeness (QED) is 0.668. The molecule has 7 heteroatoms. The van der Waals surface area contributed by atoms with Crippen molar-refractivity contribution in [3.63, 3.8) is 0 Å². The Balaban J connectivity index is 1.37. The number of aromatic nitrogens is 2. The molecule has 5 nitrogen and oxygen atoms in total. The number of para-hydroxylation sites is 1. The number of nitrogens with one attached hydrogen (secondary N) is 1. The molecule has 1 aliphatic heterocycles. The number of thioether (sulfide) groups is 1. The van der Waals surface area contributed by atoms with E-state index < -0.39 is 0 Å². The predicted molar refractivity (Wildman–Crippen MR) is 108 cm³/mol. The van der Waals surface area contributed by atoms with E-state index in [-0.39, 0.29) is 5.91 Å². The van der Waals surface area contributed by atoms with Crippen LogP contribution in [0.1, 0.15) is 10.6 Å². The number of hydrogen-bond acceptors (Lipinski definition) is 6. The van der Waals surface area contributed by atoms with Gasteiger partial charge in [-0.15, -0.1) is 10.2 Å². The Kier molecular flexibility index (Phi) is 4.90. The van der Waals surface area contributed by atoms with Gasteiger partial charge >= 0.3 is 0 Å². The van der Waals surface area contributed by atoms with Crippen LogP contribution in [0.15, 0.2) is 52.9 Å². The van der Waals surface area contributed by atoms with Crippen molar-refractivity contribution in [2.24, 2.45) is 0 Å². The number of aryl methyl sites for hydroxylation is 1. The third-order valence-corrected chi connectivity index (χ3v) is 6.16. The van der Waals surface area contributed by atoms with E-state index in [1.807, 2.05) is 19.1 Å². The average Bonchev–Trinajstić information content (AvgIpc) is 3.27. The molecule has 0 radical (unpaired) electrons. The molecule has 0 atom stereocenters. The third kappa shape index (κ3) is 3.73. The summed E-state index contributed by atoms with van der Waals surface area (Å²) in [5.41, 5.74) is 4.61. The molecule has 4 rings (SSSR count). The first-order chi connectivity index (χ1) is 12.7. The largest absolute Gasteiger partial charge is 0.341 e. The number of anilines is 3. The number of carbonyl (C=O) groups is 1. The lowest BCUT2D eigenvalue weighted by Gasteiger charge is -2.20. The first-order valence-electron chi connectivity index (χ1n) is 8.37. The monoisotopic (exact) mass is 382 g/mol. The van der Waals surface area contributed by atoms with E-state index in [1.54, 1.807) is 0 Å². The van der Waals surface area contributed by atoms with Crippen LogP contribution >= 0.6 is 23.1 Å². The molecule has 0 saturated heterocycles. The Morgan fingerprint density at radius 1 is 1.19 bits per heavy atom. The third-order valence-electron chi connectivity index (χ3n) is 4.18. The minimum atomic E-state index is -0.0397. The van der Waals surface area contributed by atoms with Crippen LogP contribution in [0.2, 0.25) is 0 Å². The smallest absolute Gasteiger partial charge is 0.234 e. The molecule has 1 aliphatic rings. The lowest BCUT2D eigenvalue weighted by atomic mass is 10.2. The van der Waals surface area contributed by atoms with E-state index in [0.29, 0.717) is 5.75 Å². The summed E-state index contributed by atoms with van der Waals surface area (Å²) in [5, 5.41) is 11.8. The number of hydrogen-bond donors (Lipinski definition) is 1. The van der Waals surface area contributed by atoms with Crippen molar-refractivity contribution >= 4 is 46.1 Å². The molecule has 132 valence electrons. The number of fused-ring (bicyclic) bond motifs is 1. The summed E-state index contributed by atoms with van der Waals surface area (Å²) < 4.78 is 0.820. The van der Waals surface area contributed by atoms with Gasteiger partial charge in [-0.3, -0.25) is 4.79 Å². The highest BCUT2D eigenvalue weighted by molar-refractivity contribution is 8.01. The van der Waals surface area contributed by atoms with Crippen LogP contribution in [-0.4, -0.2) is 28.4 Å². The number of amides is 1. The Bertz CT molecular complexity index is 923. The number of carbonyl (C=O) groups excluding carboxylic acids is 1. The normalized spacial score (nSPS) is 12.9. The van der Waals surface area contributed by atoms with Crippen LogP contribution in [0.3, 0.4) is 0 Å². The lowest BCUT2D eigenvalue weighted by Crippen LogP contribution is -2.15. The van der Waals surface area contributed by atoms with Crippen LogP contribution in [0.5, 0.6) is 0 Å². The minimum Gasteiger partial charge on any atom is -0.341 e. The van der Waals surface area contributed by atoms with Gasteiger partial charge in [0.15, 0.2) is 4.34 Å². The Morgan fingerprint density at radius 2 is 2.00 bits per heavy atom. The van der Waals surface area contributed by atoms with Crippen LogP contribution < -0.4 is 10.2 Å². The second-order valence-electron chi connectivity index (χ2n) is 6.00. The zero-order chi connectivity index (χ0) is 17.9. The number of benzene rings is 2. The van der Waals surface area contributed by atoms with E-state index in [9.17, 15) is 4.79 Å². The molecule has 1 aromatic heterocycles. The van der Waals surface area contributed by atoms with Gasteiger partial charge in [-0.05, 0) is 49.2 Å². The standard InChI is InChI=1S/C19H18N4OS2/c1-13-21-22-19(26-13)25-12-18(24)20-15-6-8-16(9-7-15)23-11-10-14-4-2-3-5-17(14)23/h2-9H,10-12H2,1H3,(H,20,24). The summed E-state index contributed by atoms with van der Waals surface area (Å²) in [6.45, 7) is 2.89. The number of nitrogens with zero attached hydrogens (tertiary/aromatic N) is 3. The van der Waals surface area contributed by atoms with Crippen molar-refractivity contribution in [3.05, 3.63) is 59.1 Å². The van der Waals surface area contributed by atoms with Gasteiger partial charge in [0.1, 0.15) is 5.01 Å². The average molecular weight is 383 g/mol. The minimum absolute atomic E-state index is 0.0397. The maximum Gasteiger partial charge on any atom is 0.234 e. The lowest BCUT2D eigenvalue weighted by molar-refractivity contribution is -0.113. The van der Waals surface area contributed by atoms with Crippen molar-refractivity contribution in [2.45, 2.75) is 17.7 Å². The molecular weight excluding hydrogens is 364 g/mol. The molecule has 1 amide bonds. The molecule has 26 heavy (non-hydrogen) atoms. The second kappa shape index (κ2) is 7.47. The van der Waals surface area contributed by atoms with E-state index >= 15 is 0 Å². The van der Waals surface area contributed by atoms with Crippen LogP contribution in [0.25, 0.3) is 0 Å². The maximum absolute atomic E-state index is 12.1. The highest BCUT2D eigenvalue weighted by Crippen LogP contribution is 2.34. The first-order valence-corrected chi connectivity index (χ1v) is 10.2. The molecule has 0 fully saturated rings. The summed E-state index contributed by atoms with van der Waals surface area (Å²) in [6, 6.07) is 16.5. The second-order valence-corrected chi connectivity index (χ2v) is 8.41. The molecule has 0 spiro atoms. The SMILES string of the molecule is Cc1nnc(SCC(=O)Nc2ccc(N3CCc4ccccc43)cc2)s1. The van der Waals surface area contributed by atoms with Gasteiger partial charge in [-0.25, -0.2) is 0 Å². The van der Waals surface area contributed by atoms with Gasteiger partial charge in [0, 0.05) is 23.6 Å². The van der Waals surface area contributed by atoms with Crippen LogP contribution in [-0.2, 0) is 11.2 Å². The van der Waals surface area contributed by atoms with Gasteiger partial charge in [0.05, 0.1) is 5.75 Å². The Morgan fingerprint density at radius 3 is 2.77 bits per heavy atom. The topological polar surface area (TPSA) is 58.1 Å². The Hall–Kier alpha value is -2.38. The van der Waals surface area contributed by atoms with Crippen LogP contribution in [0, 0.1) is 6.92 Å². The first kappa shape index (κ1) is 17.1. The van der Waals surface area contributed by atoms with E-state index in [2.05, 4.69) is 56.8 Å². The highest BCUT2D eigenvalue weighted by Gasteiger charge is 2.19. The zero-order valence-corrected chi connectivity index (χ0v) is 15.9. The van der Waals surface area contributed by atoms with Gasteiger partial charge in [-0.2, -0.15) is 0 Å². The zero-order valence-electron chi connectivity index (χ0n) is 14.3. The van der Waals surface area contributed by atoms with Crippen LogP contribution in [0.4, 0.5) is 17.1 Å². The summed E-state index contributed by atoms with van der Waals surface area (Å²) in [7, 11) is 0. The summed E-state index contributed by atoms with van der Waals surface area (Å²) in [6.07, 6.45) is 1.07. The molecule has 1 N–H and O–H groups in total. The van der Waals surface area contributed by atoms with Crippen molar-refractivity contribution in [1.29, 1.82) is 0 Å². The predicted octanol–water partition coefficient (Wildman–Crippen LogP) is 4.27. The van der Waals surface area contributed by atoms with Gasteiger partial charge < -0.3 is 10.2 Å². The van der Waals surface area contributed by atoms with Crippen molar-refractivity contribution in [3.8, 4) is 0 Å². The van der Waals surface area contributed by atoms with E-state index in [1.165, 1.54) is 34.3 Å². The van der Waals surface area contributed by atoms with E-state index in [0.717, 1.165) is 33.7 Å². The van der Waals surface area contributed by atoms with E-state index in [4.69, 9.17) is 0 Å². The molecule has 2 heterocycles. The molecule has 3 aromatic rings. The van der Waals surface area contributed by atoms with Crippen molar-refractivity contribution < 1.29 is 4.79 Å². The Labute approximate surface area is 160 Å². The van der Waals surface area contributed by atoms with Crippen molar-refractivity contribution in [1.82, 2.24) is 10.2 Å². The molecule has 0 unspecified atom stereocenters. The molecular formula is C19H18N4OS2. The van der Waals surface area contributed by atoms with Crippen molar-refractivity contribution in [2.75, 3.05) is 22.5 Å². The fourth-order valence-corrected chi connectivity index (χ4v) is 4.61. The molecule has 0 aliphatic carbocycles. The number of rotatable bonds is 5. The van der Waals surface area contributed by atoms with Gasteiger partial charge in [0.2, 0.25) is 5.91 Å². The summed E-state index contributed by atoms with van der Waals surface area (Å²) >= 11 is 2.91. The fourth-order valence-electron chi connectivity index (χ4n) is 2.99. The fraction of sp³-hybridized carbons (Fsp3) is 0.211.